The zero-order valence-corrected chi connectivity index (χ0v) is 10.9. The molecule has 5 heteroatoms. The van der Waals surface area contributed by atoms with Crippen molar-refractivity contribution in [2.75, 3.05) is 39.3 Å². The summed E-state index contributed by atoms with van der Waals surface area (Å²) in [6.45, 7) is 4.26. The number of benzene rings is 1. The summed E-state index contributed by atoms with van der Waals surface area (Å²) in [5.74, 6) is 0.216. The van der Waals surface area contributed by atoms with Gasteiger partial charge in [-0.2, -0.15) is 5.26 Å². The van der Waals surface area contributed by atoms with Crippen LogP contribution in [0.1, 0.15) is 11.6 Å². The second kappa shape index (κ2) is 6.53. The van der Waals surface area contributed by atoms with E-state index in [0.29, 0.717) is 6.54 Å². The van der Waals surface area contributed by atoms with Gasteiger partial charge in [0.15, 0.2) is 0 Å². The third-order valence-electron chi connectivity index (χ3n) is 3.52. The van der Waals surface area contributed by atoms with E-state index in [0.717, 1.165) is 31.7 Å². The van der Waals surface area contributed by atoms with Gasteiger partial charge in [-0.25, -0.2) is 0 Å². The molecule has 1 aromatic rings. The number of β-amino-alcohol motifs (C(OH)–C–C–N with tert-alkyl or cyclic N) is 1. The molecule has 0 bridgehead atoms. The number of hydrogen-bond acceptors (Lipinski definition) is 5. The second-order valence-corrected chi connectivity index (χ2v) is 4.72. The van der Waals surface area contributed by atoms with E-state index in [1.165, 1.54) is 0 Å². The minimum absolute atomic E-state index is 0.180. The average Bonchev–Trinajstić information content (AvgIpc) is 2.44. The molecule has 1 heterocycles. The van der Waals surface area contributed by atoms with Crippen molar-refractivity contribution in [3.8, 4) is 11.8 Å². The zero-order valence-electron chi connectivity index (χ0n) is 10.9. The number of aliphatic hydroxyl groups excluding tert-OH is 1. The normalized spacial score (nSPS) is 18.9. The van der Waals surface area contributed by atoms with Gasteiger partial charge in [0.2, 0.25) is 0 Å². The van der Waals surface area contributed by atoms with Crippen LogP contribution in [0.5, 0.6) is 5.75 Å². The fraction of sp³-hybridized carbons (Fsp3) is 0.500. The first-order valence-electron chi connectivity index (χ1n) is 6.50. The van der Waals surface area contributed by atoms with Gasteiger partial charge in [-0.05, 0) is 17.7 Å². The summed E-state index contributed by atoms with van der Waals surface area (Å²) < 4.78 is 0. The molecule has 5 nitrogen and oxygen atoms in total. The molecule has 1 fully saturated rings. The maximum Gasteiger partial charge on any atom is 0.123 e. The Morgan fingerprint density at radius 1 is 1.16 bits per heavy atom. The highest BCUT2D eigenvalue weighted by Gasteiger charge is 2.24. The van der Waals surface area contributed by atoms with Crippen molar-refractivity contribution in [1.82, 2.24) is 9.80 Å². The Kier molecular flexibility index (Phi) is 4.74. The van der Waals surface area contributed by atoms with Crippen molar-refractivity contribution in [3.05, 3.63) is 29.8 Å². The van der Waals surface area contributed by atoms with E-state index in [1.54, 1.807) is 24.3 Å². The van der Waals surface area contributed by atoms with Crippen molar-refractivity contribution in [3.63, 3.8) is 0 Å². The predicted octanol–water partition coefficient (Wildman–Crippen LogP) is 0.567. The smallest absolute Gasteiger partial charge is 0.123 e. The number of nitriles is 1. The van der Waals surface area contributed by atoms with Crippen molar-refractivity contribution >= 4 is 0 Å². The van der Waals surface area contributed by atoms with Gasteiger partial charge in [-0.1, -0.05) is 12.1 Å². The second-order valence-electron chi connectivity index (χ2n) is 4.72. The number of rotatable bonds is 4. The van der Waals surface area contributed by atoms with Crippen molar-refractivity contribution < 1.29 is 10.2 Å². The number of aliphatic hydroxyl groups is 1. The molecule has 2 rings (SSSR count). The molecule has 1 unspecified atom stereocenters. The standard InChI is InChI=1S/C14H19N3O2/c15-11-14(12-1-3-13(19)4-2-12)17-7-5-16(6-8-17)9-10-18/h1-4,14,18-19H,5-10H2. The van der Waals surface area contributed by atoms with Gasteiger partial charge < -0.3 is 10.2 Å². The molecule has 0 aromatic heterocycles. The Balaban J connectivity index is 2.00. The number of piperazine rings is 1. The number of aromatic hydroxyl groups is 1. The van der Waals surface area contributed by atoms with Crippen LogP contribution in [0.3, 0.4) is 0 Å². The Morgan fingerprint density at radius 2 is 1.79 bits per heavy atom. The lowest BCUT2D eigenvalue weighted by molar-refractivity contribution is 0.0982. The third-order valence-corrected chi connectivity index (χ3v) is 3.52. The first-order chi connectivity index (χ1) is 9.24. The lowest BCUT2D eigenvalue weighted by Gasteiger charge is -2.36. The van der Waals surface area contributed by atoms with Crippen LogP contribution in [0.4, 0.5) is 0 Å². The Hall–Kier alpha value is -1.61. The number of phenolic OH excluding ortho intramolecular Hbond substituents is 1. The molecule has 1 aliphatic heterocycles. The summed E-state index contributed by atoms with van der Waals surface area (Å²) in [6.07, 6.45) is 0. The molecule has 0 radical (unpaired) electrons. The molecular weight excluding hydrogens is 242 g/mol. The Labute approximate surface area is 113 Å². The SMILES string of the molecule is N#CC(c1ccc(O)cc1)N1CCN(CCO)CC1. The van der Waals surface area contributed by atoms with Gasteiger partial charge in [-0.3, -0.25) is 9.80 Å². The first kappa shape index (κ1) is 13.8. The summed E-state index contributed by atoms with van der Waals surface area (Å²) >= 11 is 0. The van der Waals surface area contributed by atoms with Crippen molar-refractivity contribution in [2.24, 2.45) is 0 Å². The van der Waals surface area contributed by atoms with E-state index in [4.69, 9.17) is 5.11 Å². The first-order valence-corrected chi connectivity index (χ1v) is 6.50. The van der Waals surface area contributed by atoms with Crippen LogP contribution in [-0.4, -0.2) is 59.3 Å². The number of phenols is 1. The largest absolute Gasteiger partial charge is 0.508 e. The zero-order chi connectivity index (χ0) is 13.7. The van der Waals surface area contributed by atoms with Crippen LogP contribution in [0.25, 0.3) is 0 Å². The summed E-state index contributed by atoms with van der Waals surface area (Å²) in [4.78, 5) is 4.34. The quantitative estimate of drug-likeness (QED) is 0.829. The van der Waals surface area contributed by atoms with E-state index in [-0.39, 0.29) is 18.4 Å². The minimum atomic E-state index is -0.267. The fourth-order valence-corrected chi connectivity index (χ4v) is 2.41. The molecule has 1 aromatic carbocycles. The van der Waals surface area contributed by atoms with Gasteiger partial charge in [0.1, 0.15) is 11.8 Å². The minimum Gasteiger partial charge on any atom is -0.508 e. The molecule has 0 spiro atoms. The Morgan fingerprint density at radius 3 is 2.32 bits per heavy atom. The summed E-state index contributed by atoms with van der Waals surface area (Å²) in [5.41, 5.74) is 0.913. The molecule has 102 valence electrons. The Bertz CT molecular complexity index is 433. The van der Waals surface area contributed by atoms with Crippen LogP contribution in [0.2, 0.25) is 0 Å². The topological polar surface area (TPSA) is 70.7 Å². The third kappa shape index (κ3) is 3.44. The van der Waals surface area contributed by atoms with Gasteiger partial charge in [0.05, 0.1) is 12.7 Å². The molecule has 0 aliphatic carbocycles. The van der Waals surface area contributed by atoms with Crippen LogP contribution in [0.15, 0.2) is 24.3 Å². The van der Waals surface area contributed by atoms with E-state index < -0.39 is 0 Å². The molecule has 2 N–H and O–H groups in total. The molecular formula is C14H19N3O2. The fourth-order valence-electron chi connectivity index (χ4n) is 2.41. The van der Waals surface area contributed by atoms with Crippen LogP contribution in [0, 0.1) is 11.3 Å². The van der Waals surface area contributed by atoms with Crippen LogP contribution >= 0.6 is 0 Å². The van der Waals surface area contributed by atoms with Gasteiger partial charge in [0.25, 0.3) is 0 Å². The highest BCUT2D eigenvalue weighted by atomic mass is 16.3. The molecule has 1 aliphatic rings. The van der Waals surface area contributed by atoms with Crippen molar-refractivity contribution in [1.29, 1.82) is 5.26 Å². The lowest BCUT2D eigenvalue weighted by Crippen LogP contribution is -2.48. The molecule has 0 saturated carbocycles. The molecule has 1 atom stereocenters. The number of hydrogen-bond donors (Lipinski definition) is 2. The molecule has 19 heavy (non-hydrogen) atoms. The van der Waals surface area contributed by atoms with E-state index in [9.17, 15) is 10.4 Å². The molecule has 1 saturated heterocycles. The predicted molar refractivity (Wildman–Crippen MR) is 71.6 cm³/mol. The summed E-state index contributed by atoms with van der Waals surface area (Å²) in [7, 11) is 0. The maximum atomic E-state index is 9.36. The highest BCUT2D eigenvalue weighted by Crippen LogP contribution is 2.23. The monoisotopic (exact) mass is 261 g/mol. The highest BCUT2D eigenvalue weighted by molar-refractivity contribution is 5.30. The van der Waals surface area contributed by atoms with Gasteiger partial charge in [0, 0.05) is 32.7 Å². The van der Waals surface area contributed by atoms with E-state index >= 15 is 0 Å². The lowest BCUT2D eigenvalue weighted by atomic mass is 10.1. The van der Waals surface area contributed by atoms with Crippen molar-refractivity contribution in [2.45, 2.75) is 6.04 Å². The van der Waals surface area contributed by atoms with E-state index in [1.807, 2.05) is 0 Å². The molecule has 0 amide bonds. The summed E-state index contributed by atoms with van der Waals surface area (Å²) in [6, 6.07) is 8.88. The van der Waals surface area contributed by atoms with Crippen LogP contribution < -0.4 is 0 Å². The van der Waals surface area contributed by atoms with Gasteiger partial charge in [-0.15, -0.1) is 0 Å². The van der Waals surface area contributed by atoms with E-state index in [2.05, 4.69) is 15.9 Å². The van der Waals surface area contributed by atoms with Gasteiger partial charge >= 0.3 is 0 Å². The number of nitrogens with zero attached hydrogens (tertiary/aromatic N) is 3. The van der Waals surface area contributed by atoms with Crippen LogP contribution in [-0.2, 0) is 0 Å². The average molecular weight is 261 g/mol. The summed E-state index contributed by atoms with van der Waals surface area (Å²) in [5, 5.41) is 27.6. The maximum absolute atomic E-state index is 9.36.